The van der Waals surface area contributed by atoms with Crippen molar-refractivity contribution < 1.29 is 14.3 Å². The molecule has 2 aromatic rings. The summed E-state index contributed by atoms with van der Waals surface area (Å²) >= 11 is 6.61. The van der Waals surface area contributed by atoms with Crippen LogP contribution in [0, 0.1) is 0 Å². The lowest BCUT2D eigenvalue weighted by Crippen LogP contribution is -2.27. The number of thioether (sulfide) groups is 1. The number of hydrogen-bond acceptors (Lipinski definition) is 5. The lowest BCUT2D eigenvalue weighted by atomic mass is 10.1. The molecule has 1 aliphatic heterocycles. The molecule has 0 atom stereocenters. The quantitative estimate of drug-likeness (QED) is 0.457. The first-order valence-corrected chi connectivity index (χ1v) is 8.75. The van der Waals surface area contributed by atoms with Crippen molar-refractivity contribution in [3.8, 4) is 5.75 Å². The second-order valence-electron chi connectivity index (χ2n) is 5.40. The van der Waals surface area contributed by atoms with E-state index in [2.05, 4.69) is 0 Å². The number of hydrogen-bond donors (Lipinski definition) is 0. The third kappa shape index (κ3) is 3.65. The van der Waals surface area contributed by atoms with E-state index in [1.54, 1.807) is 37.5 Å². The van der Waals surface area contributed by atoms with Crippen LogP contribution in [0.25, 0.3) is 6.08 Å². The van der Waals surface area contributed by atoms with Gasteiger partial charge in [0.2, 0.25) is 0 Å². The Kier molecular flexibility index (Phi) is 5.01. The summed E-state index contributed by atoms with van der Waals surface area (Å²) < 4.78 is 5.65. The molecule has 1 amide bonds. The van der Waals surface area contributed by atoms with E-state index >= 15 is 0 Å². The highest BCUT2D eigenvalue weighted by Gasteiger charge is 2.33. The van der Waals surface area contributed by atoms with Crippen molar-refractivity contribution in [2.75, 3.05) is 12.0 Å². The molecule has 0 saturated carbocycles. The Labute approximate surface area is 155 Å². The number of methoxy groups -OCH3 is 1. The maximum Gasteiger partial charge on any atom is 0.270 e. The van der Waals surface area contributed by atoms with Crippen LogP contribution in [0.15, 0.2) is 53.4 Å². The predicted octanol–water partition coefficient (Wildman–Crippen LogP) is 4.30. The number of benzene rings is 2. The summed E-state index contributed by atoms with van der Waals surface area (Å²) in [5.41, 5.74) is 2.00. The number of nitrogens with zero attached hydrogens (tertiary/aromatic N) is 1. The third-order valence-corrected chi connectivity index (χ3v) is 5.00. The molecule has 1 aliphatic rings. The molecule has 0 aliphatic carbocycles. The van der Waals surface area contributed by atoms with Crippen molar-refractivity contribution in [3.05, 3.63) is 64.6 Å². The molecule has 0 spiro atoms. The average molecular weight is 369 g/mol. The van der Waals surface area contributed by atoms with Crippen LogP contribution >= 0.6 is 24.0 Å². The smallest absolute Gasteiger partial charge is 0.270 e. The SMILES string of the molecule is COc1cccc(C=C2SC(=S)N(c3cccc(C(C)=O)c3)C2=O)c1. The molecule has 4 nitrogen and oxygen atoms in total. The van der Waals surface area contributed by atoms with Gasteiger partial charge in [0.1, 0.15) is 5.75 Å². The first-order valence-electron chi connectivity index (χ1n) is 7.52. The van der Waals surface area contributed by atoms with E-state index in [-0.39, 0.29) is 11.7 Å². The highest BCUT2D eigenvalue weighted by Crippen LogP contribution is 2.36. The highest BCUT2D eigenvalue weighted by molar-refractivity contribution is 8.27. The van der Waals surface area contributed by atoms with Gasteiger partial charge in [0.15, 0.2) is 10.1 Å². The van der Waals surface area contributed by atoms with E-state index in [0.717, 1.165) is 11.3 Å². The standard InChI is InChI=1S/C19H15NO3S2/c1-12(21)14-6-4-7-15(11-14)20-18(22)17(25-19(20)24)10-13-5-3-8-16(9-13)23-2/h3-11H,1-2H3. The minimum atomic E-state index is -0.196. The lowest BCUT2D eigenvalue weighted by molar-refractivity contribution is -0.113. The molecule has 0 unspecified atom stereocenters. The van der Waals surface area contributed by atoms with E-state index in [0.29, 0.717) is 20.5 Å². The third-order valence-electron chi connectivity index (χ3n) is 3.70. The fourth-order valence-corrected chi connectivity index (χ4v) is 3.74. The van der Waals surface area contributed by atoms with E-state index in [9.17, 15) is 9.59 Å². The van der Waals surface area contributed by atoms with E-state index in [1.165, 1.54) is 23.6 Å². The zero-order chi connectivity index (χ0) is 18.0. The minimum absolute atomic E-state index is 0.0563. The van der Waals surface area contributed by atoms with Crippen molar-refractivity contribution in [1.82, 2.24) is 0 Å². The minimum Gasteiger partial charge on any atom is -0.497 e. The maximum atomic E-state index is 12.8. The predicted molar refractivity (Wildman–Crippen MR) is 105 cm³/mol. The van der Waals surface area contributed by atoms with Crippen LogP contribution in [-0.2, 0) is 4.79 Å². The second-order valence-corrected chi connectivity index (χ2v) is 7.08. The van der Waals surface area contributed by atoms with Gasteiger partial charge in [-0.1, -0.05) is 48.2 Å². The van der Waals surface area contributed by atoms with Crippen molar-refractivity contribution in [3.63, 3.8) is 0 Å². The van der Waals surface area contributed by atoms with Crippen LogP contribution < -0.4 is 9.64 Å². The first kappa shape index (κ1) is 17.4. The summed E-state index contributed by atoms with van der Waals surface area (Å²) in [7, 11) is 1.60. The van der Waals surface area contributed by atoms with E-state index < -0.39 is 0 Å². The molecule has 1 fully saturated rings. The van der Waals surface area contributed by atoms with Crippen LogP contribution in [0.5, 0.6) is 5.75 Å². The molecular formula is C19H15NO3S2. The van der Waals surface area contributed by atoms with Crippen LogP contribution in [0.1, 0.15) is 22.8 Å². The van der Waals surface area contributed by atoms with Crippen LogP contribution in [0.3, 0.4) is 0 Å². The zero-order valence-corrected chi connectivity index (χ0v) is 15.3. The number of ether oxygens (including phenoxy) is 1. The van der Waals surface area contributed by atoms with Crippen LogP contribution in [0.2, 0.25) is 0 Å². The molecule has 0 radical (unpaired) electrons. The molecule has 25 heavy (non-hydrogen) atoms. The Morgan fingerprint density at radius 1 is 1.20 bits per heavy atom. The van der Waals surface area contributed by atoms with Gasteiger partial charge in [0.05, 0.1) is 17.7 Å². The fourth-order valence-electron chi connectivity index (χ4n) is 2.44. The number of carbonyl (C=O) groups is 2. The molecule has 6 heteroatoms. The number of Topliss-reactive ketones (excluding diaryl/α,β-unsaturated/α-hetero) is 1. The molecule has 126 valence electrons. The molecule has 0 aromatic heterocycles. The van der Waals surface area contributed by atoms with Crippen molar-refractivity contribution in [1.29, 1.82) is 0 Å². The van der Waals surface area contributed by atoms with Crippen molar-refractivity contribution in [2.45, 2.75) is 6.92 Å². The topological polar surface area (TPSA) is 46.6 Å². The molecular weight excluding hydrogens is 354 g/mol. The van der Waals surface area contributed by atoms with Crippen molar-refractivity contribution in [2.24, 2.45) is 0 Å². The molecule has 0 N–H and O–H groups in total. The van der Waals surface area contributed by atoms with Gasteiger partial charge in [-0.25, -0.2) is 0 Å². The molecule has 3 rings (SSSR count). The van der Waals surface area contributed by atoms with Gasteiger partial charge in [-0.3, -0.25) is 14.5 Å². The number of rotatable bonds is 4. The lowest BCUT2D eigenvalue weighted by Gasteiger charge is -2.15. The summed E-state index contributed by atoms with van der Waals surface area (Å²) in [5, 5.41) is 0. The Bertz CT molecular complexity index is 905. The van der Waals surface area contributed by atoms with Gasteiger partial charge in [0.25, 0.3) is 5.91 Å². The summed E-state index contributed by atoms with van der Waals surface area (Å²) in [4.78, 5) is 26.4. The summed E-state index contributed by atoms with van der Waals surface area (Å²) in [6.45, 7) is 1.49. The van der Waals surface area contributed by atoms with Gasteiger partial charge in [-0.15, -0.1) is 0 Å². The van der Waals surface area contributed by atoms with E-state index in [1.807, 2.05) is 24.3 Å². The first-order chi connectivity index (χ1) is 12.0. The number of carbonyl (C=O) groups excluding carboxylic acids is 2. The Morgan fingerprint density at radius 2 is 1.96 bits per heavy atom. The number of ketones is 1. The normalized spacial score (nSPS) is 15.8. The van der Waals surface area contributed by atoms with Gasteiger partial charge in [-0.2, -0.15) is 0 Å². The maximum absolute atomic E-state index is 12.8. The Balaban J connectivity index is 1.93. The Hall–Kier alpha value is -2.44. The van der Waals surface area contributed by atoms with E-state index in [4.69, 9.17) is 17.0 Å². The van der Waals surface area contributed by atoms with Crippen molar-refractivity contribution >= 4 is 51.8 Å². The zero-order valence-electron chi connectivity index (χ0n) is 13.7. The summed E-state index contributed by atoms with van der Waals surface area (Å²) in [6.07, 6.45) is 1.79. The number of thiocarbonyl (C=S) groups is 1. The highest BCUT2D eigenvalue weighted by atomic mass is 32.2. The fraction of sp³-hybridized carbons (Fsp3) is 0.105. The summed E-state index contributed by atoms with van der Waals surface area (Å²) in [6, 6.07) is 14.4. The van der Waals surface area contributed by atoms with Crippen LogP contribution in [0.4, 0.5) is 5.69 Å². The monoisotopic (exact) mass is 369 g/mol. The second kappa shape index (κ2) is 7.21. The van der Waals surface area contributed by atoms with Gasteiger partial charge >= 0.3 is 0 Å². The van der Waals surface area contributed by atoms with Crippen LogP contribution in [-0.4, -0.2) is 23.1 Å². The van der Waals surface area contributed by atoms with Gasteiger partial charge in [-0.05, 0) is 42.8 Å². The number of amides is 1. The summed E-state index contributed by atoms with van der Waals surface area (Å²) in [5.74, 6) is 0.469. The molecule has 1 heterocycles. The number of anilines is 1. The average Bonchev–Trinajstić information content (AvgIpc) is 2.88. The van der Waals surface area contributed by atoms with Gasteiger partial charge in [0, 0.05) is 5.56 Å². The Morgan fingerprint density at radius 3 is 2.68 bits per heavy atom. The molecule has 1 saturated heterocycles. The molecule has 2 aromatic carbocycles. The molecule has 0 bridgehead atoms. The van der Waals surface area contributed by atoms with Gasteiger partial charge < -0.3 is 4.74 Å². The largest absolute Gasteiger partial charge is 0.497 e.